The SMILES string of the molecule is O=C(COc1ccc(I)cc1)Nn1cnc2ccccc21. The number of carbonyl (C=O) groups excluding carboxylic acids is 1. The minimum Gasteiger partial charge on any atom is -0.484 e. The summed E-state index contributed by atoms with van der Waals surface area (Å²) < 4.78 is 8.15. The number of amides is 1. The number of ether oxygens (including phenoxy) is 1. The van der Waals surface area contributed by atoms with E-state index >= 15 is 0 Å². The Balaban J connectivity index is 1.62. The Labute approximate surface area is 135 Å². The first-order valence-electron chi connectivity index (χ1n) is 6.33. The molecule has 0 saturated carbocycles. The van der Waals surface area contributed by atoms with E-state index in [-0.39, 0.29) is 12.5 Å². The van der Waals surface area contributed by atoms with Gasteiger partial charge in [0.15, 0.2) is 6.61 Å². The number of fused-ring (bicyclic) bond motifs is 1. The molecule has 5 nitrogen and oxygen atoms in total. The molecule has 106 valence electrons. The maximum absolute atomic E-state index is 11.9. The molecule has 0 radical (unpaired) electrons. The molecule has 0 bridgehead atoms. The summed E-state index contributed by atoms with van der Waals surface area (Å²) in [6.45, 7) is -0.0485. The van der Waals surface area contributed by atoms with Gasteiger partial charge in [0, 0.05) is 3.57 Å². The predicted octanol–water partition coefficient (Wildman–Crippen LogP) is 2.79. The molecule has 0 aliphatic rings. The molecule has 0 atom stereocenters. The molecule has 0 saturated heterocycles. The number of aromatic nitrogens is 2. The van der Waals surface area contributed by atoms with Gasteiger partial charge in [0.1, 0.15) is 12.1 Å². The average Bonchev–Trinajstić information content (AvgIpc) is 2.90. The van der Waals surface area contributed by atoms with Crippen LogP contribution in [0, 0.1) is 3.57 Å². The molecule has 21 heavy (non-hydrogen) atoms. The van der Waals surface area contributed by atoms with Crippen molar-refractivity contribution in [3.05, 3.63) is 58.4 Å². The Kier molecular flexibility index (Phi) is 4.05. The number of nitrogens with zero attached hydrogens (tertiary/aromatic N) is 2. The molecule has 1 N–H and O–H groups in total. The van der Waals surface area contributed by atoms with Crippen molar-refractivity contribution in [1.82, 2.24) is 9.66 Å². The zero-order valence-corrected chi connectivity index (χ0v) is 13.1. The van der Waals surface area contributed by atoms with E-state index in [0.29, 0.717) is 5.75 Å². The van der Waals surface area contributed by atoms with Gasteiger partial charge in [-0.1, -0.05) is 12.1 Å². The Morgan fingerprint density at radius 3 is 2.76 bits per heavy atom. The molecule has 6 heteroatoms. The van der Waals surface area contributed by atoms with Gasteiger partial charge in [-0.15, -0.1) is 0 Å². The highest BCUT2D eigenvalue weighted by Gasteiger charge is 2.06. The summed E-state index contributed by atoms with van der Waals surface area (Å²) in [6.07, 6.45) is 1.58. The maximum Gasteiger partial charge on any atom is 0.276 e. The number of benzene rings is 2. The van der Waals surface area contributed by atoms with Gasteiger partial charge >= 0.3 is 0 Å². The van der Waals surface area contributed by atoms with Gasteiger partial charge in [-0.25, -0.2) is 9.66 Å². The lowest BCUT2D eigenvalue weighted by Crippen LogP contribution is -2.27. The molecule has 0 spiro atoms. The molecule has 3 rings (SSSR count). The fourth-order valence-electron chi connectivity index (χ4n) is 1.89. The van der Waals surface area contributed by atoms with Crippen LogP contribution in [0.2, 0.25) is 0 Å². The van der Waals surface area contributed by atoms with Crippen LogP contribution in [0.25, 0.3) is 11.0 Å². The van der Waals surface area contributed by atoms with Gasteiger partial charge in [0.25, 0.3) is 5.91 Å². The standard InChI is InChI=1S/C15H12IN3O2/c16-11-5-7-12(8-6-11)21-9-15(20)18-19-10-17-13-3-1-2-4-14(13)19/h1-8,10H,9H2,(H,18,20). The molecule has 0 fully saturated rings. The van der Waals surface area contributed by atoms with Crippen LogP contribution in [-0.2, 0) is 4.79 Å². The fourth-order valence-corrected chi connectivity index (χ4v) is 2.25. The molecule has 1 aromatic heterocycles. The Morgan fingerprint density at radius 1 is 1.19 bits per heavy atom. The van der Waals surface area contributed by atoms with Crippen LogP contribution >= 0.6 is 22.6 Å². The first kappa shape index (κ1) is 13.9. The van der Waals surface area contributed by atoms with Gasteiger partial charge in [-0.2, -0.15) is 0 Å². The maximum atomic E-state index is 11.9. The minimum absolute atomic E-state index is 0.0485. The van der Waals surface area contributed by atoms with Crippen molar-refractivity contribution in [2.45, 2.75) is 0 Å². The van der Waals surface area contributed by atoms with Crippen molar-refractivity contribution in [3.8, 4) is 5.75 Å². The Bertz CT molecular complexity index is 768. The number of imidazole rings is 1. The molecule has 0 aliphatic carbocycles. The lowest BCUT2D eigenvalue weighted by atomic mass is 10.3. The van der Waals surface area contributed by atoms with Gasteiger partial charge in [0.05, 0.1) is 11.0 Å². The monoisotopic (exact) mass is 393 g/mol. The minimum atomic E-state index is -0.239. The van der Waals surface area contributed by atoms with Crippen molar-refractivity contribution in [2.75, 3.05) is 12.0 Å². The van der Waals surface area contributed by atoms with Crippen LogP contribution in [0.5, 0.6) is 5.75 Å². The lowest BCUT2D eigenvalue weighted by Gasteiger charge is -2.08. The molecule has 2 aromatic carbocycles. The van der Waals surface area contributed by atoms with E-state index < -0.39 is 0 Å². The van der Waals surface area contributed by atoms with Crippen LogP contribution in [0.3, 0.4) is 0 Å². The second kappa shape index (κ2) is 6.13. The van der Waals surface area contributed by atoms with Crippen molar-refractivity contribution in [3.63, 3.8) is 0 Å². The second-order valence-corrected chi connectivity index (χ2v) is 5.63. The van der Waals surface area contributed by atoms with Crippen molar-refractivity contribution < 1.29 is 9.53 Å². The van der Waals surface area contributed by atoms with E-state index in [1.807, 2.05) is 48.5 Å². The summed E-state index contributed by atoms with van der Waals surface area (Å²) in [5, 5.41) is 0. The molecule has 3 aromatic rings. The summed E-state index contributed by atoms with van der Waals surface area (Å²) in [7, 11) is 0. The number of nitrogens with one attached hydrogen (secondary N) is 1. The quantitative estimate of drug-likeness (QED) is 0.694. The predicted molar refractivity (Wildman–Crippen MR) is 88.8 cm³/mol. The summed E-state index contributed by atoms with van der Waals surface area (Å²) in [5.74, 6) is 0.428. The zero-order chi connectivity index (χ0) is 14.7. The summed E-state index contributed by atoms with van der Waals surface area (Å²) in [6, 6.07) is 15.1. The summed E-state index contributed by atoms with van der Waals surface area (Å²) in [5.41, 5.74) is 4.41. The van der Waals surface area contributed by atoms with Crippen LogP contribution in [0.15, 0.2) is 54.9 Å². The largest absolute Gasteiger partial charge is 0.484 e. The van der Waals surface area contributed by atoms with Crippen LogP contribution in [0.4, 0.5) is 0 Å². The molecule has 1 heterocycles. The highest BCUT2D eigenvalue weighted by atomic mass is 127. The highest BCUT2D eigenvalue weighted by Crippen LogP contribution is 2.13. The fraction of sp³-hybridized carbons (Fsp3) is 0.0667. The van der Waals surface area contributed by atoms with Crippen LogP contribution in [-0.4, -0.2) is 22.2 Å². The van der Waals surface area contributed by atoms with E-state index in [9.17, 15) is 4.79 Å². The summed E-state index contributed by atoms with van der Waals surface area (Å²) in [4.78, 5) is 16.1. The Morgan fingerprint density at radius 2 is 1.95 bits per heavy atom. The number of hydrogen-bond donors (Lipinski definition) is 1. The smallest absolute Gasteiger partial charge is 0.276 e. The number of carbonyl (C=O) groups is 1. The van der Waals surface area contributed by atoms with E-state index in [1.54, 1.807) is 11.0 Å². The molecule has 1 amide bonds. The number of rotatable bonds is 4. The molecule has 0 aliphatic heterocycles. The first-order chi connectivity index (χ1) is 10.2. The Hall–Kier alpha value is -2.09. The highest BCUT2D eigenvalue weighted by molar-refractivity contribution is 14.1. The van der Waals surface area contributed by atoms with E-state index in [4.69, 9.17) is 4.74 Å². The van der Waals surface area contributed by atoms with Crippen molar-refractivity contribution >= 4 is 39.5 Å². The van der Waals surface area contributed by atoms with Gasteiger partial charge in [-0.05, 0) is 59.0 Å². The van der Waals surface area contributed by atoms with Gasteiger partial charge < -0.3 is 4.74 Å². The molecular formula is C15H12IN3O2. The second-order valence-electron chi connectivity index (χ2n) is 4.38. The van der Waals surface area contributed by atoms with E-state index in [0.717, 1.165) is 14.6 Å². The summed E-state index contributed by atoms with van der Waals surface area (Å²) >= 11 is 2.22. The van der Waals surface area contributed by atoms with Crippen molar-refractivity contribution in [1.29, 1.82) is 0 Å². The lowest BCUT2D eigenvalue weighted by molar-refractivity contribution is -0.119. The van der Waals surface area contributed by atoms with Crippen LogP contribution < -0.4 is 10.2 Å². The third-order valence-electron chi connectivity index (χ3n) is 2.88. The third kappa shape index (κ3) is 3.33. The van der Waals surface area contributed by atoms with E-state index in [1.165, 1.54) is 0 Å². The van der Waals surface area contributed by atoms with Crippen molar-refractivity contribution in [2.24, 2.45) is 0 Å². The van der Waals surface area contributed by atoms with E-state index in [2.05, 4.69) is 33.0 Å². The normalized spacial score (nSPS) is 10.5. The molecule has 0 unspecified atom stereocenters. The van der Waals surface area contributed by atoms with Gasteiger partial charge in [0.2, 0.25) is 0 Å². The average molecular weight is 393 g/mol. The number of para-hydroxylation sites is 2. The first-order valence-corrected chi connectivity index (χ1v) is 7.40. The number of hydrogen-bond acceptors (Lipinski definition) is 3. The molecular weight excluding hydrogens is 381 g/mol. The van der Waals surface area contributed by atoms with Crippen LogP contribution in [0.1, 0.15) is 0 Å². The van der Waals surface area contributed by atoms with Gasteiger partial charge in [-0.3, -0.25) is 10.2 Å². The zero-order valence-electron chi connectivity index (χ0n) is 11.0. The topological polar surface area (TPSA) is 56.1 Å². The third-order valence-corrected chi connectivity index (χ3v) is 3.60. The number of halogens is 1.